The fourth-order valence-corrected chi connectivity index (χ4v) is 3.19. The maximum atomic E-state index is 5.55. The lowest BCUT2D eigenvalue weighted by Crippen LogP contribution is -2.00. The van der Waals surface area contributed by atoms with Crippen LogP contribution < -0.4 is 15.2 Å². The van der Waals surface area contributed by atoms with Gasteiger partial charge in [0.15, 0.2) is 11.5 Å². The molecule has 0 spiro atoms. The van der Waals surface area contributed by atoms with E-state index in [9.17, 15) is 0 Å². The summed E-state index contributed by atoms with van der Waals surface area (Å²) < 4.78 is 12.5. The summed E-state index contributed by atoms with van der Waals surface area (Å²) in [7, 11) is 3.25. The molecule has 6 nitrogen and oxygen atoms in total. The Bertz CT molecular complexity index is 781. The van der Waals surface area contributed by atoms with E-state index in [4.69, 9.17) is 15.2 Å². The summed E-state index contributed by atoms with van der Waals surface area (Å²) in [6.07, 6.45) is 3.64. The van der Waals surface area contributed by atoms with Crippen LogP contribution >= 0.6 is 11.3 Å². The minimum atomic E-state index is 0.671. The van der Waals surface area contributed by atoms with E-state index in [1.54, 1.807) is 25.6 Å². The maximum absolute atomic E-state index is 5.55. The molecular formula is C15H18N4O2S. The molecule has 0 atom stereocenters. The minimum Gasteiger partial charge on any atom is -0.493 e. The van der Waals surface area contributed by atoms with Gasteiger partial charge in [0.05, 0.1) is 26.1 Å². The number of benzene rings is 1. The third-order valence-electron chi connectivity index (χ3n) is 3.40. The average molecular weight is 318 g/mol. The van der Waals surface area contributed by atoms with Gasteiger partial charge in [-0.05, 0) is 31.2 Å². The van der Waals surface area contributed by atoms with Gasteiger partial charge in [0.25, 0.3) is 0 Å². The third-order valence-corrected chi connectivity index (χ3v) is 4.38. The largest absolute Gasteiger partial charge is 0.493 e. The van der Waals surface area contributed by atoms with E-state index in [-0.39, 0.29) is 0 Å². The Kier molecular flexibility index (Phi) is 4.26. The molecule has 0 bridgehead atoms. The first-order chi connectivity index (χ1) is 10.8. The fraction of sp³-hybridized carbons (Fsp3) is 0.333. The summed E-state index contributed by atoms with van der Waals surface area (Å²) >= 11 is 1.60. The van der Waals surface area contributed by atoms with Crippen LogP contribution in [-0.2, 0) is 6.42 Å². The van der Waals surface area contributed by atoms with Crippen LogP contribution in [0.3, 0.4) is 0 Å². The van der Waals surface area contributed by atoms with Gasteiger partial charge < -0.3 is 15.2 Å². The number of nitrogens with two attached hydrogens (primary N) is 1. The van der Waals surface area contributed by atoms with Gasteiger partial charge in [-0.15, -0.1) is 0 Å². The van der Waals surface area contributed by atoms with Crippen LogP contribution in [0.2, 0.25) is 0 Å². The number of ether oxygens (including phenoxy) is 2. The predicted molar refractivity (Wildman–Crippen MR) is 86.8 cm³/mol. The molecule has 0 aliphatic carbocycles. The van der Waals surface area contributed by atoms with E-state index >= 15 is 0 Å². The van der Waals surface area contributed by atoms with Crippen molar-refractivity contribution in [2.75, 3.05) is 20.8 Å². The van der Waals surface area contributed by atoms with Gasteiger partial charge in [-0.2, -0.15) is 5.10 Å². The van der Waals surface area contributed by atoms with Crippen molar-refractivity contribution in [2.45, 2.75) is 12.8 Å². The highest BCUT2D eigenvalue weighted by Gasteiger charge is 2.13. The Labute approximate surface area is 132 Å². The Morgan fingerprint density at radius 1 is 1.23 bits per heavy atom. The van der Waals surface area contributed by atoms with Crippen molar-refractivity contribution in [1.82, 2.24) is 14.6 Å². The number of methoxy groups -OCH3 is 2. The van der Waals surface area contributed by atoms with Gasteiger partial charge in [-0.25, -0.2) is 9.50 Å². The molecule has 0 aliphatic heterocycles. The summed E-state index contributed by atoms with van der Waals surface area (Å²) in [6.45, 7) is 0.671. The van der Waals surface area contributed by atoms with Gasteiger partial charge >= 0.3 is 0 Å². The van der Waals surface area contributed by atoms with E-state index < -0.39 is 0 Å². The van der Waals surface area contributed by atoms with Crippen LogP contribution in [0, 0.1) is 0 Å². The highest BCUT2D eigenvalue weighted by Crippen LogP contribution is 2.33. The van der Waals surface area contributed by atoms with Crippen molar-refractivity contribution < 1.29 is 9.47 Å². The van der Waals surface area contributed by atoms with E-state index in [2.05, 4.69) is 10.1 Å². The van der Waals surface area contributed by atoms with Gasteiger partial charge in [0, 0.05) is 12.0 Å². The van der Waals surface area contributed by atoms with Crippen LogP contribution in [0.1, 0.15) is 11.4 Å². The Balaban J connectivity index is 2.00. The molecule has 0 aliphatic rings. The van der Waals surface area contributed by atoms with Crippen molar-refractivity contribution in [1.29, 1.82) is 0 Å². The topological polar surface area (TPSA) is 74.7 Å². The number of hydrogen-bond donors (Lipinski definition) is 1. The first-order valence-corrected chi connectivity index (χ1v) is 7.84. The first kappa shape index (κ1) is 14.8. The molecule has 0 radical (unpaired) electrons. The summed E-state index contributed by atoms with van der Waals surface area (Å²) in [4.78, 5) is 5.32. The van der Waals surface area contributed by atoms with Crippen LogP contribution in [0.25, 0.3) is 16.2 Å². The lowest BCUT2D eigenvalue weighted by atomic mass is 10.1. The summed E-state index contributed by atoms with van der Waals surface area (Å²) in [5.41, 5.74) is 7.48. The van der Waals surface area contributed by atoms with Crippen molar-refractivity contribution in [3.63, 3.8) is 0 Å². The third kappa shape index (κ3) is 2.65. The fourth-order valence-electron chi connectivity index (χ4n) is 2.28. The lowest BCUT2D eigenvalue weighted by molar-refractivity contribution is 0.355. The molecule has 22 heavy (non-hydrogen) atoms. The molecule has 2 N–H and O–H groups in total. The number of imidazole rings is 1. The second kappa shape index (κ2) is 6.33. The smallest absolute Gasteiger partial charge is 0.212 e. The molecular weight excluding hydrogens is 300 g/mol. The summed E-state index contributed by atoms with van der Waals surface area (Å²) in [6, 6.07) is 5.79. The second-order valence-corrected chi connectivity index (χ2v) is 5.84. The monoisotopic (exact) mass is 318 g/mol. The van der Waals surface area contributed by atoms with Crippen LogP contribution in [0.4, 0.5) is 0 Å². The standard InChI is InChI=1S/C15H18N4O2S/c1-20-12-6-5-10(8-13(12)21-2)11-9-17-15-19(11)18-14(22-15)4-3-7-16/h5-6,8-9H,3-4,7,16H2,1-2H3. The summed E-state index contributed by atoms with van der Waals surface area (Å²) in [5.74, 6) is 1.39. The maximum Gasteiger partial charge on any atom is 0.212 e. The molecule has 3 aromatic rings. The van der Waals surface area contributed by atoms with E-state index in [1.807, 2.05) is 28.9 Å². The van der Waals surface area contributed by atoms with Crippen molar-refractivity contribution in [3.05, 3.63) is 29.4 Å². The number of hydrogen-bond acceptors (Lipinski definition) is 6. The van der Waals surface area contributed by atoms with E-state index in [0.717, 1.165) is 34.1 Å². The minimum absolute atomic E-state index is 0.671. The van der Waals surface area contributed by atoms with Crippen LogP contribution in [-0.4, -0.2) is 35.4 Å². The quantitative estimate of drug-likeness (QED) is 0.755. The van der Waals surface area contributed by atoms with Crippen LogP contribution in [0.15, 0.2) is 24.4 Å². The molecule has 2 heterocycles. The molecule has 0 unspecified atom stereocenters. The normalized spacial score (nSPS) is 11.0. The molecule has 0 fully saturated rings. The zero-order valence-electron chi connectivity index (χ0n) is 12.6. The molecule has 0 saturated carbocycles. The molecule has 0 saturated heterocycles. The van der Waals surface area contributed by atoms with Gasteiger partial charge in [-0.3, -0.25) is 0 Å². The van der Waals surface area contributed by atoms with E-state index in [1.165, 1.54) is 0 Å². The number of aromatic nitrogens is 3. The van der Waals surface area contributed by atoms with Gasteiger partial charge in [0.1, 0.15) is 5.01 Å². The number of aryl methyl sites for hydroxylation is 1. The molecule has 116 valence electrons. The number of fused-ring (bicyclic) bond motifs is 1. The molecule has 1 aromatic carbocycles. The highest BCUT2D eigenvalue weighted by atomic mass is 32.1. The lowest BCUT2D eigenvalue weighted by Gasteiger charge is -2.08. The highest BCUT2D eigenvalue weighted by molar-refractivity contribution is 7.16. The SMILES string of the molecule is COc1ccc(-c2cnc3sc(CCCN)nn23)cc1OC. The average Bonchev–Trinajstić information content (AvgIpc) is 3.12. The predicted octanol–water partition coefficient (Wildman–Crippen LogP) is 2.37. The van der Waals surface area contributed by atoms with Crippen LogP contribution in [0.5, 0.6) is 11.5 Å². The molecule has 0 amide bonds. The van der Waals surface area contributed by atoms with Crippen molar-refractivity contribution >= 4 is 16.3 Å². The zero-order valence-corrected chi connectivity index (χ0v) is 13.4. The van der Waals surface area contributed by atoms with E-state index in [0.29, 0.717) is 18.0 Å². The molecule has 7 heteroatoms. The first-order valence-electron chi connectivity index (χ1n) is 7.02. The van der Waals surface area contributed by atoms with Crippen molar-refractivity contribution in [3.8, 4) is 22.8 Å². The Morgan fingerprint density at radius 3 is 2.77 bits per heavy atom. The number of nitrogens with zero attached hydrogens (tertiary/aromatic N) is 3. The molecule has 3 rings (SSSR count). The van der Waals surface area contributed by atoms with Gasteiger partial charge in [0.2, 0.25) is 4.96 Å². The Hall–Kier alpha value is -2.12. The molecule has 2 aromatic heterocycles. The summed E-state index contributed by atoms with van der Waals surface area (Å²) in [5, 5.41) is 5.68. The second-order valence-electron chi connectivity index (χ2n) is 4.80. The Morgan fingerprint density at radius 2 is 2.05 bits per heavy atom. The number of rotatable bonds is 6. The van der Waals surface area contributed by atoms with Crippen molar-refractivity contribution in [2.24, 2.45) is 5.73 Å². The van der Waals surface area contributed by atoms with Gasteiger partial charge in [-0.1, -0.05) is 11.3 Å². The zero-order chi connectivity index (χ0) is 15.5.